The SMILES string of the molecule is COC(=O)C(O)(CC1=NC(C)(C)Cc2cc(OC)c(OC)cc21)C(F)(F)F.Cl. The lowest BCUT2D eigenvalue weighted by Crippen LogP contribution is -2.54. The molecule has 1 atom stereocenters. The minimum atomic E-state index is -5.24. The van der Waals surface area contributed by atoms with Crippen LogP contribution in [0.3, 0.4) is 0 Å². The molecule has 0 fully saturated rings. The Labute approximate surface area is 167 Å². The lowest BCUT2D eigenvalue weighted by atomic mass is 9.82. The van der Waals surface area contributed by atoms with Crippen LogP contribution in [0, 0.1) is 0 Å². The summed E-state index contributed by atoms with van der Waals surface area (Å²) in [5, 5.41) is 10.2. The molecule has 1 aromatic rings. The van der Waals surface area contributed by atoms with Crippen molar-refractivity contribution in [3.8, 4) is 11.5 Å². The fraction of sp³-hybridized carbons (Fsp3) is 0.556. The van der Waals surface area contributed by atoms with E-state index in [0.717, 1.165) is 7.11 Å². The number of hydrogen-bond donors (Lipinski definition) is 1. The van der Waals surface area contributed by atoms with Crippen LogP contribution in [0.5, 0.6) is 11.5 Å². The minimum absolute atomic E-state index is 0. The highest BCUT2D eigenvalue weighted by atomic mass is 35.5. The van der Waals surface area contributed by atoms with Crippen LogP contribution < -0.4 is 9.47 Å². The van der Waals surface area contributed by atoms with Crippen molar-refractivity contribution in [1.82, 2.24) is 0 Å². The molecule has 0 saturated heterocycles. The number of fused-ring (bicyclic) bond motifs is 1. The average molecular weight is 426 g/mol. The van der Waals surface area contributed by atoms with Crippen molar-refractivity contribution in [3.05, 3.63) is 23.3 Å². The van der Waals surface area contributed by atoms with Crippen LogP contribution in [0.15, 0.2) is 17.1 Å². The third kappa shape index (κ3) is 4.35. The van der Waals surface area contributed by atoms with Gasteiger partial charge in [0.1, 0.15) is 0 Å². The smallest absolute Gasteiger partial charge is 0.428 e. The highest BCUT2D eigenvalue weighted by Crippen LogP contribution is 2.40. The van der Waals surface area contributed by atoms with Crippen molar-refractivity contribution in [2.24, 2.45) is 4.99 Å². The lowest BCUT2D eigenvalue weighted by Gasteiger charge is -2.33. The molecule has 0 amide bonds. The Morgan fingerprint density at radius 3 is 2.18 bits per heavy atom. The van der Waals surface area contributed by atoms with Gasteiger partial charge in [-0.1, -0.05) is 0 Å². The van der Waals surface area contributed by atoms with Gasteiger partial charge in [0.05, 0.1) is 26.9 Å². The molecule has 0 aliphatic carbocycles. The number of rotatable bonds is 5. The number of hydrogen-bond acceptors (Lipinski definition) is 6. The number of aliphatic hydroxyl groups is 1. The number of nitrogens with zero attached hydrogens (tertiary/aromatic N) is 1. The van der Waals surface area contributed by atoms with Gasteiger partial charge in [-0.2, -0.15) is 13.2 Å². The second-order valence-corrected chi connectivity index (χ2v) is 6.94. The molecule has 0 radical (unpaired) electrons. The molecule has 1 aromatic carbocycles. The van der Waals surface area contributed by atoms with E-state index >= 15 is 0 Å². The Morgan fingerprint density at radius 1 is 1.18 bits per heavy atom. The van der Waals surface area contributed by atoms with Crippen LogP contribution in [0.4, 0.5) is 13.2 Å². The second kappa shape index (κ2) is 8.16. The Hall–Kier alpha value is -2.00. The highest BCUT2D eigenvalue weighted by Gasteiger charge is 2.61. The third-order valence-electron chi connectivity index (χ3n) is 4.40. The maximum Gasteiger partial charge on any atom is 0.428 e. The molecule has 1 aliphatic heterocycles. The monoisotopic (exact) mass is 425 g/mol. The molecular weight excluding hydrogens is 403 g/mol. The predicted molar refractivity (Wildman–Crippen MR) is 98.8 cm³/mol. The van der Waals surface area contributed by atoms with Crippen molar-refractivity contribution >= 4 is 24.1 Å². The van der Waals surface area contributed by atoms with Gasteiger partial charge >= 0.3 is 12.1 Å². The Balaban J connectivity index is 0.00000392. The van der Waals surface area contributed by atoms with E-state index in [2.05, 4.69) is 9.73 Å². The number of esters is 1. The summed E-state index contributed by atoms with van der Waals surface area (Å²) in [5.74, 6) is -1.06. The number of carbonyl (C=O) groups is 1. The zero-order valence-corrected chi connectivity index (χ0v) is 17.0. The van der Waals surface area contributed by atoms with E-state index in [-0.39, 0.29) is 18.1 Å². The summed E-state index contributed by atoms with van der Waals surface area (Å²) in [7, 11) is 3.63. The zero-order valence-electron chi connectivity index (χ0n) is 16.1. The first kappa shape index (κ1) is 24.0. The average Bonchev–Trinajstić information content (AvgIpc) is 2.57. The summed E-state index contributed by atoms with van der Waals surface area (Å²) in [6.07, 6.45) is -5.87. The van der Waals surface area contributed by atoms with E-state index in [4.69, 9.17) is 9.47 Å². The van der Waals surface area contributed by atoms with Gasteiger partial charge < -0.3 is 19.3 Å². The van der Waals surface area contributed by atoms with E-state index in [1.54, 1.807) is 19.9 Å². The first-order valence-corrected chi connectivity index (χ1v) is 8.10. The van der Waals surface area contributed by atoms with Crippen LogP contribution in [-0.2, 0) is 16.0 Å². The van der Waals surface area contributed by atoms with Gasteiger partial charge in [-0.05, 0) is 38.0 Å². The van der Waals surface area contributed by atoms with Gasteiger partial charge in [0.15, 0.2) is 11.5 Å². The Morgan fingerprint density at radius 2 is 1.71 bits per heavy atom. The van der Waals surface area contributed by atoms with Gasteiger partial charge in [0.25, 0.3) is 5.60 Å². The molecule has 10 heteroatoms. The molecule has 6 nitrogen and oxygen atoms in total. The van der Waals surface area contributed by atoms with E-state index < -0.39 is 29.7 Å². The lowest BCUT2D eigenvalue weighted by molar-refractivity contribution is -0.259. The first-order valence-electron chi connectivity index (χ1n) is 8.10. The quantitative estimate of drug-likeness (QED) is 0.733. The largest absolute Gasteiger partial charge is 0.493 e. The fourth-order valence-corrected chi connectivity index (χ4v) is 3.10. The zero-order chi connectivity index (χ0) is 20.6. The van der Waals surface area contributed by atoms with Crippen LogP contribution in [-0.4, -0.2) is 55.4 Å². The van der Waals surface area contributed by atoms with Crippen LogP contribution in [0.1, 0.15) is 31.4 Å². The number of ether oxygens (including phenoxy) is 3. The molecule has 158 valence electrons. The molecule has 1 N–H and O–H groups in total. The van der Waals surface area contributed by atoms with Gasteiger partial charge in [-0.25, -0.2) is 4.79 Å². The summed E-state index contributed by atoms with van der Waals surface area (Å²) < 4.78 is 55.1. The molecule has 1 aliphatic rings. The van der Waals surface area contributed by atoms with E-state index in [9.17, 15) is 23.1 Å². The fourth-order valence-electron chi connectivity index (χ4n) is 3.10. The van der Waals surface area contributed by atoms with Gasteiger partial charge in [0.2, 0.25) is 0 Å². The maximum absolute atomic E-state index is 13.5. The van der Waals surface area contributed by atoms with Gasteiger partial charge in [0, 0.05) is 17.7 Å². The second-order valence-electron chi connectivity index (χ2n) is 6.94. The summed E-state index contributed by atoms with van der Waals surface area (Å²) >= 11 is 0. The molecular formula is C18H23ClF3NO5. The van der Waals surface area contributed by atoms with Crippen LogP contribution >= 0.6 is 12.4 Å². The van der Waals surface area contributed by atoms with Crippen LogP contribution in [0.2, 0.25) is 0 Å². The topological polar surface area (TPSA) is 77.4 Å². The number of carbonyl (C=O) groups excluding carboxylic acids is 1. The molecule has 28 heavy (non-hydrogen) atoms. The number of methoxy groups -OCH3 is 3. The van der Waals surface area contributed by atoms with Gasteiger partial charge in [-0.3, -0.25) is 4.99 Å². The van der Waals surface area contributed by atoms with Crippen molar-refractivity contribution in [2.75, 3.05) is 21.3 Å². The van der Waals surface area contributed by atoms with Crippen molar-refractivity contribution in [3.63, 3.8) is 0 Å². The maximum atomic E-state index is 13.5. The third-order valence-corrected chi connectivity index (χ3v) is 4.40. The Bertz CT molecular complexity index is 779. The standard InChI is InChI=1S/C18H22F3NO5.ClH/c1-16(2)8-10-6-13(25-3)14(26-4)7-11(10)12(22-16)9-17(24,15(23)27-5)18(19,20)21;/h6-7,24H,8-9H2,1-5H3;1H. The minimum Gasteiger partial charge on any atom is -0.493 e. The van der Waals surface area contributed by atoms with E-state index in [1.807, 2.05) is 0 Å². The van der Waals surface area contributed by atoms with Crippen molar-refractivity contribution in [2.45, 2.75) is 44.0 Å². The number of aliphatic imine (C=N–C) groups is 1. The van der Waals surface area contributed by atoms with Crippen LogP contribution in [0.25, 0.3) is 0 Å². The normalized spacial score (nSPS) is 17.4. The summed E-state index contributed by atoms with van der Waals surface area (Å²) in [6, 6.07) is 3.16. The number of halogens is 4. The first-order chi connectivity index (χ1) is 12.4. The molecule has 0 aromatic heterocycles. The summed E-state index contributed by atoms with van der Waals surface area (Å²) in [4.78, 5) is 16.1. The van der Waals surface area contributed by atoms with Crippen molar-refractivity contribution in [1.29, 1.82) is 0 Å². The molecule has 2 rings (SSSR count). The molecule has 0 bridgehead atoms. The number of benzene rings is 1. The predicted octanol–water partition coefficient (Wildman–Crippen LogP) is 3.11. The molecule has 1 unspecified atom stereocenters. The summed E-state index contributed by atoms with van der Waals surface area (Å²) in [6.45, 7) is 3.49. The van der Waals surface area contributed by atoms with E-state index in [0.29, 0.717) is 29.0 Å². The van der Waals surface area contributed by atoms with Gasteiger partial charge in [-0.15, -0.1) is 12.4 Å². The van der Waals surface area contributed by atoms with Crippen molar-refractivity contribution < 1.29 is 37.3 Å². The molecule has 1 heterocycles. The summed E-state index contributed by atoms with van der Waals surface area (Å²) in [5.41, 5.74) is -3.47. The highest BCUT2D eigenvalue weighted by molar-refractivity contribution is 6.06. The number of alkyl halides is 3. The Kier molecular flexibility index (Phi) is 7.01. The molecule has 0 saturated carbocycles. The van der Waals surface area contributed by atoms with E-state index in [1.165, 1.54) is 20.3 Å². The molecule has 0 spiro atoms.